The van der Waals surface area contributed by atoms with Crippen molar-refractivity contribution < 1.29 is 9.53 Å². The van der Waals surface area contributed by atoms with Crippen molar-refractivity contribution in [3.8, 4) is 0 Å². The molecule has 1 saturated heterocycles. The topological polar surface area (TPSA) is 55.6 Å². The molecule has 17 heavy (non-hydrogen) atoms. The highest BCUT2D eigenvalue weighted by Crippen LogP contribution is 2.46. The molecule has 2 aliphatic rings. The Balaban J connectivity index is 1.72. The van der Waals surface area contributed by atoms with Crippen LogP contribution in [-0.2, 0) is 9.53 Å². The van der Waals surface area contributed by atoms with Gasteiger partial charge in [-0.3, -0.25) is 4.79 Å². The summed E-state index contributed by atoms with van der Waals surface area (Å²) >= 11 is 0. The minimum absolute atomic E-state index is 0.131. The van der Waals surface area contributed by atoms with Crippen LogP contribution in [0.4, 0.5) is 0 Å². The van der Waals surface area contributed by atoms with E-state index in [1.54, 1.807) is 0 Å². The maximum absolute atomic E-state index is 11.8. The van der Waals surface area contributed by atoms with Gasteiger partial charge in [0.15, 0.2) is 0 Å². The Morgan fingerprint density at radius 1 is 1.18 bits per heavy atom. The van der Waals surface area contributed by atoms with Gasteiger partial charge in [0.25, 0.3) is 0 Å². The summed E-state index contributed by atoms with van der Waals surface area (Å²) in [6.45, 7) is 3.00. The van der Waals surface area contributed by atoms with Gasteiger partial charge in [0.05, 0.1) is 6.61 Å². The third-order valence-corrected chi connectivity index (χ3v) is 4.33. The summed E-state index contributed by atoms with van der Waals surface area (Å²) in [6.07, 6.45) is 7.89. The molecular formula is C13H24N2O2. The molecule has 2 N–H and O–H groups in total. The quantitative estimate of drug-likeness (QED) is 0.750. The Morgan fingerprint density at radius 2 is 1.82 bits per heavy atom. The first-order valence-electron chi connectivity index (χ1n) is 6.81. The fraction of sp³-hybridized carbons (Fsp3) is 0.923. The molecule has 4 heteroatoms. The number of hydrogen-bond donors (Lipinski definition) is 1. The monoisotopic (exact) mass is 240 g/mol. The molecule has 0 aromatic rings. The molecule has 1 spiro atoms. The van der Waals surface area contributed by atoms with E-state index in [4.69, 9.17) is 10.5 Å². The molecule has 0 radical (unpaired) electrons. The van der Waals surface area contributed by atoms with Crippen LogP contribution >= 0.6 is 0 Å². The van der Waals surface area contributed by atoms with Crippen molar-refractivity contribution in [2.75, 3.05) is 32.8 Å². The second-order valence-corrected chi connectivity index (χ2v) is 5.43. The van der Waals surface area contributed by atoms with Crippen molar-refractivity contribution in [3.05, 3.63) is 0 Å². The zero-order chi connectivity index (χ0) is 12.1. The predicted molar refractivity (Wildman–Crippen MR) is 66.6 cm³/mol. The first-order valence-corrected chi connectivity index (χ1v) is 6.81. The van der Waals surface area contributed by atoms with E-state index in [1.165, 1.54) is 38.5 Å². The highest BCUT2D eigenvalue weighted by Gasteiger charge is 2.37. The highest BCUT2D eigenvalue weighted by atomic mass is 16.5. The number of likely N-dealkylation sites (tertiary alicyclic amines) is 1. The molecule has 98 valence electrons. The Morgan fingerprint density at radius 3 is 2.41 bits per heavy atom. The van der Waals surface area contributed by atoms with Crippen LogP contribution in [-0.4, -0.2) is 43.7 Å². The van der Waals surface area contributed by atoms with E-state index in [0.717, 1.165) is 13.1 Å². The van der Waals surface area contributed by atoms with E-state index in [0.29, 0.717) is 18.6 Å². The first-order chi connectivity index (χ1) is 8.26. The van der Waals surface area contributed by atoms with Crippen LogP contribution in [0.5, 0.6) is 0 Å². The third-order valence-electron chi connectivity index (χ3n) is 4.33. The number of amides is 1. The molecule has 1 heterocycles. The average Bonchev–Trinajstić information content (AvgIpc) is 2.79. The first kappa shape index (κ1) is 12.8. The van der Waals surface area contributed by atoms with Crippen LogP contribution in [0.3, 0.4) is 0 Å². The van der Waals surface area contributed by atoms with Crippen molar-refractivity contribution in [1.29, 1.82) is 0 Å². The van der Waals surface area contributed by atoms with E-state index >= 15 is 0 Å². The summed E-state index contributed by atoms with van der Waals surface area (Å²) in [7, 11) is 0. The van der Waals surface area contributed by atoms with Gasteiger partial charge < -0.3 is 15.4 Å². The summed E-state index contributed by atoms with van der Waals surface area (Å²) in [5.74, 6) is 0.131. The van der Waals surface area contributed by atoms with E-state index in [-0.39, 0.29) is 12.5 Å². The van der Waals surface area contributed by atoms with Crippen LogP contribution in [0.15, 0.2) is 0 Å². The molecular weight excluding hydrogens is 216 g/mol. The van der Waals surface area contributed by atoms with Crippen molar-refractivity contribution in [3.63, 3.8) is 0 Å². The zero-order valence-electron chi connectivity index (χ0n) is 10.6. The highest BCUT2D eigenvalue weighted by molar-refractivity contribution is 5.77. The lowest BCUT2D eigenvalue weighted by Crippen LogP contribution is -2.43. The average molecular weight is 240 g/mol. The fourth-order valence-corrected chi connectivity index (χ4v) is 3.19. The Labute approximate surface area is 103 Å². The van der Waals surface area contributed by atoms with Gasteiger partial charge in [-0.05, 0) is 31.1 Å². The standard InChI is InChI=1S/C13H24N2O2/c14-7-10-17-11-12(16)15-8-5-13(6-9-15)3-1-2-4-13/h1-11,14H2. The van der Waals surface area contributed by atoms with Crippen molar-refractivity contribution >= 4 is 5.91 Å². The number of nitrogens with two attached hydrogens (primary N) is 1. The second-order valence-electron chi connectivity index (χ2n) is 5.43. The lowest BCUT2D eigenvalue weighted by atomic mass is 9.77. The Kier molecular flexibility index (Phi) is 4.40. The summed E-state index contributed by atoms with van der Waals surface area (Å²) in [5, 5.41) is 0. The Hall–Kier alpha value is -0.610. The number of carbonyl (C=O) groups excluding carboxylic acids is 1. The van der Waals surface area contributed by atoms with Crippen LogP contribution in [0.2, 0.25) is 0 Å². The van der Waals surface area contributed by atoms with E-state index in [9.17, 15) is 4.79 Å². The summed E-state index contributed by atoms with van der Waals surface area (Å²) in [6, 6.07) is 0. The molecule has 1 aliphatic heterocycles. The summed E-state index contributed by atoms with van der Waals surface area (Å²) < 4.78 is 5.20. The third kappa shape index (κ3) is 3.19. The van der Waals surface area contributed by atoms with Crippen LogP contribution in [0.1, 0.15) is 38.5 Å². The predicted octanol–water partition coefficient (Wildman–Crippen LogP) is 1.14. The molecule has 1 amide bonds. The number of piperidine rings is 1. The van der Waals surface area contributed by atoms with Crippen molar-refractivity contribution in [2.45, 2.75) is 38.5 Å². The SMILES string of the molecule is NCCOCC(=O)N1CCC2(CCCC2)CC1. The lowest BCUT2D eigenvalue weighted by Gasteiger charge is -2.39. The number of carbonyl (C=O) groups is 1. The van der Waals surface area contributed by atoms with Gasteiger partial charge in [-0.1, -0.05) is 12.8 Å². The van der Waals surface area contributed by atoms with E-state index in [2.05, 4.69) is 0 Å². The van der Waals surface area contributed by atoms with Crippen molar-refractivity contribution in [1.82, 2.24) is 4.90 Å². The number of hydrogen-bond acceptors (Lipinski definition) is 3. The molecule has 2 rings (SSSR count). The van der Waals surface area contributed by atoms with Gasteiger partial charge in [0.1, 0.15) is 6.61 Å². The molecule has 2 fully saturated rings. The smallest absolute Gasteiger partial charge is 0.248 e. The molecule has 0 atom stereocenters. The molecule has 1 aliphatic carbocycles. The maximum Gasteiger partial charge on any atom is 0.248 e. The minimum Gasteiger partial charge on any atom is -0.370 e. The number of nitrogens with zero attached hydrogens (tertiary/aromatic N) is 1. The van der Waals surface area contributed by atoms with Crippen LogP contribution in [0, 0.1) is 5.41 Å². The Bertz CT molecular complexity index is 252. The molecule has 0 unspecified atom stereocenters. The fourth-order valence-electron chi connectivity index (χ4n) is 3.19. The molecule has 4 nitrogen and oxygen atoms in total. The molecule has 0 aromatic heterocycles. The molecule has 0 aromatic carbocycles. The van der Waals surface area contributed by atoms with Gasteiger partial charge in [0.2, 0.25) is 5.91 Å². The molecule has 1 saturated carbocycles. The summed E-state index contributed by atoms with van der Waals surface area (Å²) in [5.41, 5.74) is 5.90. The van der Waals surface area contributed by atoms with Gasteiger partial charge in [-0.15, -0.1) is 0 Å². The van der Waals surface area contributed by atoms with Crippen LogP contribution in [0.25, 0.3) is 0 Å². The largest absolute Gasteiger partial charge is 0.370 e. The normalized spacial score (nSPS) is 23.2. The number of ether oxygens (including phenoxy) is 1. The molecule has 0 bridgehead atoms. The van der Waals surface area contributed by atoms with Crippen molar-refractivity contribution in [2.24, 2.45) is 11.1 Å². The second kappa shape index (κ2) is 5.83. The van der Waals surface area contributed by atoms with Gasteiger partial charge in [-0.2, -0.15) is 0 Å². The van der Waals surface area contributed by atoms with Gasteiger partial charge in [-0.25, -0.2) is 0 Å². The number of rotatable bonds is 4. The van der Waals surface area contributed by atoms with E-state index in [1.807, 2.05) is 4.90 Å². The summed E-state index contributed by atoms with van der Waals surface area (Å²) in [4.78, 5) is 13.8. The van der Waals surface area contributed by atoms with Gasteiger partial charge in [0, 0.05) is 19.6 Å². The lowest BCUT2D eigenvalue weighted by molar-refractivity contribution is -0.138. The van der Waals surface area contributed by atoms with E-state index < -0.39 is 0 Å². The zero-order valence-corrected chi connectivity index (χ0v) is 10.6. The van der Waals surface area contributed by atoms with Gasteiger partial charge >= 0.3 is 0 Å². The minimum atomic E-state index is 0.131. The van der Waals surface area contributed by atoms with Crippen LogP contribution < -0.4 is 5.73 Å². The maximum atomic E-state index is 11.8.